The van der Waals surface area contributed by atoms with E-state index in [0.717, 1.165) is 0 Å². The SMILES string of the molecule is COC1(C)CC(O[C@H]2[C@H](C)[C@@H](OC3OC(C)CC(N(C)C)C3O)[C@](C)(OC)C[C@@H](C)C(=O)[C@H](C)[C@@H](O)[C@@H](C)[C@@H](C(C)O)OC(=O)[C@@H]2C)OC(C)C1O. The van der Waals surface area contributed by atoms with Crippen molar-refractivity contribution in [2.24, 2.45) is 29.6 Å². The van der Waals surface area contributed by atoms with E-state index >= 15 is 0 Å². The van der Waals surface area contributed by atoms with Gasteiger partial charge < -0.3 is 58.5 Å². The molecule has 0 radical (unpaired) electrons. The standard InChI is InChI=1S/C38H69NO13/c1-18-16-38(10,47-14)34(52-36-30(43)26(39(11)12)15-19(2)48-36)22(5)31(50-27-17-37(9,46-13)33(44)25(8)49-27)23(6)35(45)51-32(24(7)40)21(4)29(42)20(3)28(18)41/h18-27,29-34,36,40,42-44H,15-17H2,1-14H3/t18-,19?,20+,21-,22+,23-,24?,25?,26?,27?,29-,30?,31+,32+,33?,34-,36?,37?,38-/m1/s1. The summed E-state index contributed by atoms with van der Waals surface area (Å²) in [6, 6.07) is -0.283. The minimum atomic E-state index is -1.24. The highest BCUT2D eigenvalue weighted by Crippen LogP contribution is 2.41. The van der Waals surface area contributed by atoms with Gasteiger partial charge in [-0.3, -0.25) is 9.59 Å². The Labute approximate surface area is 310 Å². The van der Waals surface area contributed by atoms with Gasteiger partial charge in [0, 0.05) is 50.4 Å². The van der Waals surface area contributed by atoms with Gasteiger partial charge >= 0.3 is 5.97 Å². The highest BCUT2D eigenvalue weighted by atomic mass is 16.7. The van der Waals surface area contributed by atoms with E-state index in [9.17, 15) is 30.0 Å². The van der Waals surface area contributed by atoms with Gasteiger partial charge in [-0.1, -0.05) is 27.7 Å². The molecule has 0 aromatic carbocycles. The van der Waals surface area contributed by atoms with Crippen molar-refractivity contribution in [3.63, 3.8) is 0 Å². The molecule has 3 saturated heterocycles. The molecule has 14 heteroatoms. The Bertz CT molecular complexity index is 1170. The van der Waals surface area contributed by atoms with Crippen molar-refractivity contribution in [3.8, 4) is 0 Å². The minimum Gasteiger partial charge on any atom is -0.459 e. The zero-order valence-electron chi connectivity index (χ0n) is 33.8. The number of carbonyl (C=O) groups is 2. The number of ketones is 1. The summed E-state index contributed by atoms with van der Waals surface area (Å²) in [5.74, 6) is -4.95. The Morgan fingerprint density at radius 3 is 1.96 bits per heavy atom. The Kier molecular flexibility index (Phi) is 15.7. The number of aliphatic hydroxyl groups is 4. The molecule has 4 N–H and O–H groups in total. The van der Waals surface area contributed by atoms with Gasteiger partial charge in [-0.05, 0) is 68.5 Å². The number of methoxy groups -OCH3 is 2. The molecule has 19 atom stereocenters. The zero-order chi connectivity index (χ0) is 39.6. The number of cyclic esters (lactones) is 1. The van der Waals surface area contributed by atoms with E-state index < -0.39 is 108 Å². The van der Waals surface area contributed by atoms with Crippen LogP contribution in [-0.4, -0.2) is 150 Å². The monoisotopic (exact) mass is 747 g/mol. The number of hydrogen-bond donors (Lipinski definition) is 4. The van der Waals surface area contributed by atoms with Gasteiger partial charge in [0.25, 0.3) is 0 Å². The van der Waals surface area contributed by atoms with Crippen LogP contribution in [0.25, 0.3) is 0 Å². The Morgan fingerprint density at radius 1 is 0.827 bits per heavy atom. The van der Waals surface area contributed by atoms with Crippen LogP contribution in [0.4, 0.5) is 0 Å². The molecule has 0 aliphatic carbocycles. The summed E-state index contributed by atoms with van der Waals surface area (Å²) in [5, 5.41) is 44.7. The highest BCUT2D eigenvalue weighted by Gasteiger charge is 2.53. The lowest BCUT2D eigenvalue weighted by Gasteiger charge is -2.49. The predicted molar refractivity (Wildman–Crippen MR) is 191 cm³/mol. The molecule has 0 spiro atoms. The number of likely N-dealkylation sites (N-methyl/N-ethyl adjacent to an activating group) is 1. The number of nitrogens with zero attached hydrogens (tertiary/aromatic N) is 1. The zero-order valence-corrected chi connectivity index (χ0v) is 33.8. The number of carbonyl (C=O) groups excluding carboxylic acids is 2. The summed E-state index contributed by atoms with van der Waals surface area (Å²) in [4.78, 5) is 30.1. The van der Waals surface area contributed by atoms with Crippen molar-refractivity contribution < 1.29 is 63.2 Å². The van der Waals surface area contributed by atoms with Gasteiger partial charge in [0.05, 0.1) is 53.7 Å². The lowest BCUT2D eigenvalue weighted by Crippen LogP contribution is -2.61. The molecule has 9 unspecified atom stereocenters. The maximum atomic E-state index is 14.2. The van der Waals surface area contributed by atoms with E-state index in [4.69, 9.17) is 33.2 Å². The molecule has 0 aromatic rings. The van der Waals surface area contributed by atoms with E-state index in [1.165, 1.54) is 21.1 Å². The van der Waals surface area contributed by atoms with Crippen molar-refractivity contribution >= 4 is 11.8 Å². The summed E-state index contributed by atoms with van der Waals surface area (Å²) in [6.07, 6.45) is -9.66. The fourth-order valence-electron chi connectivity index (χ4n) is 8.57. The van der Waals surface area contributed by atoms with Crippen molar-refractivity contribution in [2.45, 2.75) is 173 Å². The van der Waals surface area contributed by atoms with E-state index in [2.05, 4.69) is 0 Å². The molecular formula is C38H69NO13. The summed E-state index contributed by atoms with van der Waals surface area (Å²) in [6.45, 7) is 17.2. The first kappa shape index (κ1) is 45.1. The molecule has 3 heterocycles. The maximum absolute atomic E-state index is 14.2. The quantitative estimate of drug-likeness (QED) is 0.266. The Balaban J connectivity index is 2.22. The van der Waals surface area contributed by atoms with Crippen LogP contribution in [0.1, 0.15) is 88.5 Å². The van der Waals surface area contributed by atoms with Crippen LogP contribution >= 0.6 is 0 Å². The van der Waals surface area contributed by atoms with Gasteiger partial charge in [-0.25, -0.2) is 0 Å². The highest BCUT2D eigenvalue weighted by molar-refractivity contribution is 5.83. The first-order valence-corrected chi connectivity index (χ1v) is 18.9. The van der Waals surface area contributed by atoms with Crippen LogP contribution in [0.15, 0.2) is 0 Å². The van der Waals surface area contributed by atoms with E-state index in [1.54, 1.807) is 41.5 Å². The van der Waals surface area contributed by atoms with Crippen LogP contribution in [0.3, 0.4) is 0 Å². The van der Waals surface area contributed by atoms with E-state index in [1.807, 2.05) is 39.8 Å². The van der Waals surface area contributed by atoms with E-state index in [0.29, 0.717) is 6.42 Å². The number of hydrogen-bond acceptors (Lipinski definition) is 14. The molecule has 0 saturated carbocycles. The third kappa shape index (κ3) is 9.73. The molecule has 52 heavy (non-hydrogen) atoms. The average molecular weight is 748 g/mol. The lowest BCUT2D eigenvalue weighted by molar-refractivity contribution is -0.319. The summed E-state index contributed by atoms with van der Waals surface area (Å²) >= 11 is 0. The molecule has 0 aromatic heterocycles. The number of Topliss-reactive ketones (excluding diaryl/α,β-unsaturated/α-hetero) is 1. The van der Waals surface area contributed by atoms with Crippen LogP contribution in [0.5, 0.6) is 0 Å². The molecule has 3 rings (SSSR count). The largest absolute Gasteiger partial charge is 0.459 e. The molecule has 3 aliphatic heterocycles. The fraction of sp³-hybridized carbons (Fsp3) is 0.947. The summed E-state index contributed by atoms with van der Waals surface area (Å²) in [5.41, 5.74) is -2.25. The molecule has 0 bridgehead atoms. The van der Waals surface area contributed by atoms with Crippen molar-refractivity contribution in [1.82, 2.24) is 4.90 Å². The number of esters is 1. The second-order valence-corrected chi connectivity index (χ2v) is 16.6. The number of aliphatic hydroxyl groups excluding tert-OH is 4. The van der Waals surface area contributed by atoms with Gasteiger partial charge in [0.2, 0.25) is 0 Å². The predicted octanol–water partition coefficient (Wildman–Crippen LogP) is 2.30. The Hall–Kier alpha value is -1.30. The van der Waals surface area contributed by atoms with Crippen LogP contribution in [0, 0.1) is 29.6 Å². The van der Waals surface area contributed by atoms with Gasteiger partial charge in [0.1, 0.15) is 24.1 Å². The number of ether oxygens (including phenoxy) is 7. The van der Waals surface area contributed by atoms with Crippen LogP contribution < -0.4 is 0 Å². The molecule has 304 valence electrons. The van der Waals surface area contributed by atoms with Gasteiger partial charge in [0.15, 0.2) is 12.6 Å². The Morgan fingerprint density at radius 2 is 1.42 bits per heavy atom. The topological polar surface area (TPSA) is 183 Å². The van der Waals surface area contributed by atoms with Crippen LogP contribution in [-0.2, 0) is 42.7 Å². The second kappa shape index (κ2) is 18.1. The average Bonchev–Trinajstić information content (AvgIpc) is 3.09. The molecule has 3 aliphatic rings. The van der Waals surface area contributed by atoms with Crippen molar-refractivity contribution in [1.29, 1.82) is 0 Å². The molecule has 3 fully saturated rings. The summed E-state index contributed by atoms with van der Waals surface area (Å²) in [7, 11) is 6.78. The van der Waals surface area contributed by atoms with E-state index in [-0.39, 0.29) is 30.8 Å². The molecular weight excluding hydrogens is 678 g/mol. The van der Waals surface area contributed by atoms with Crippen molar-refractivity contribution in [2.75, 3.05) is 28.3 Å². The smallest absolute Gasteiger partial charge is 0.311 e. The van der Waals surface area contributed by atoms with Crippen LogP contribution in [0.2, 0.25) is 0 Å². The van der Waals surface area contributed by atoms with Gasteiger partial charge in [-0.15, -0.1) is 0 Å². The molecule has 0 amide bonds. The normalized spacial score (nSPS) is 48.2. The minimum absolute atomic E-state index is 0.127. The first-order chi connectivity index (χ1) is 24.0. The molecule has 14 nitrogen and oxygen atoms in total. The maximum Gasteiger partial charge on any atom is 0.311 e. The number of rotatable bonds is 8. The summed E-state index contributed by atoms with van der Waals surface area (Å²) < 4.78 is 43.9. The third-order valence-electron chi connectivity index (χ3n) is 12.2. The lowest BCUT2D eigenvalue weighted by atomic mass is 9.74. The van der Waals surface area contributed by atoms with Crippen molar-refractivity contribution in [3.05, 3.63) is 0 Å². The fourth-order valence-corrected chi connectivity index (χ4v) is 8.57. The second-order valence-electron chi connectivity index (χ2n) is 16.6. The third-order valence-corrected chi connectivity index (χ3v) is 12.2. The van der Waals surface area contributed by atoms with Gasteiger partial charge in [-0.2, -0.15) is 0 Å². The first-order valence-electron chi connectivity index (χ1n) is 18.9.